The van der Waals surface area contributed by atoms with Crippen LogP contribution in [0, 0.1) is 23.7 Å². The van der Waals surface area contributed by atoms with Crippen molar-refractivity contribution in [1.82, 2.24) is 0 Å². The molecule has 3 nitrogen and oxygen atoms in total. The average Bonchev–Trinajstić information content (AvgIpc) is 2.28. The van der Waals surface area contributed by atoms with E-state index in [0.29, 0.717) is 30.7 Å². The molecule has 4 unspecified atom stereocenters. The lowest BCUT2D eigenvalue weighted by Crippen LogP contribution is -2.37. The van der Waals surface area contributed by atoms with Crippen molar-refractivity contribution in [2.24, 2.45) is 29.4 Å². The van der Waals surface area contributed by atoms with Crippen LogP contribution >= 0.6 is 0 Å². The second-order valence-corrected chi connectivity index (χ2v) is 6.28. The maximum absolute atomic E-state index is 12.0. The summed E-state index contributed by atoms with van der Waals surface area (Å²) in [4.78, 5) is 12.0. The zero-order valence-corrected chi connectivity index (χ0v) is 12.3. The normalized spacial score (nSPS) is 30.2. The van der Waals surface area contributed by atoms with Gasteiger partial charge in [0.25, 0.3) is 0 Å². The Hall–Kier alpha value is -0.570. The summed E-state index contributed by atoms with van der Waals surface area (Å²) >= 11 is 0. The molecule has 0 saturated heterocycles. The summed E-state index contributed by atoms with van der Waals surface area (Å²) in [5.74, 6) is 1.64. The van der Waals surface area contributed by atoms with Gasteiger partial charge in [-0.2, -0.15) is 0 Å². The fourth-order valence-corrected chi connectivity index (χ4v) is 2.88. The number of carbonyl (C=O) groups excluding carboxylic acids is 1. The highest BCUT2D eigenvalue weighted by Crippen LogP contribution is 2.35. The Bertz CT molecular complexity index is 265. The smallest absolute Gasteiger partial charge is 0.308 e. The van der Waals surface area contributed by atoms with Crippen molar-refractivity contribution in [3.05, 3.63) is 0 Å². The van der Waals surface area contributed by atoms with Crippen LogP contribution in [-0.2, 0) is 9.53 Å². The molecule has 18 heavy (non-hydrogen) atoms. The van der Waals surface area contributed by atoms with Crippen LogP contribution in [0.2, 0.25) is 0 Å². The van der Waals surface area contributed by atoms with Crippen molar-refractivity contribution in [1.29, 1.82) is 0 Å². The van der Waals surface area contributed by atoms with Crippen LogP contribution in [0.5, 0.6) is 0 Å². The lowest BCUT2D eigenvalue weighted by molar-refractivity contribution is -0.160. The first-order valence-electron chi connectivity index (χ1n) is 7.36. The molecule has 0 amide bonds. The van der Waals surface area contributed by atoms with Crippen LogP contribution in [-0.4, -0.2) is 18.6 Å². The summed E-state index contributed by atoms with van der Waals surface area (Å²) in [5.41, 5.74) is 5.49. The second kappa shape index (κ2) is 7.13. The fourth-order valence-electron chi connectivity index (χ4n) is 2.88. The van der Waals surface area contributed by atoms with Crippen LogP contribution in [0.25, 0.3) is 0 Å². The van der Waals surface area contributed by atoms with Crippen molar-refractivity contribution in [2.75, 3.05) is 6.54 Å². The molecule has 0 heterocycles. The van der Waals surface area contributed by atoms with E-state index in [9.17, 15) is 4.79 Å². The van der Waals surface area contributed by atoms with Gasteiger partial charge in [-0.05, 0) is 43.6 Å². The molecule has 4 atom stereocenters. The summed E-state index contributed by atoms with van der Waals surface area (Å²) in [6.07, 6.45) is 4.29. The number of carbonyl (C=O) groups is 1. The maximum atomic E-state index is 12.0. The van der Waals surface area contributed by atoms with Crippen molar-refractivity contribution in [2.45, 2.75) is 59.5 Å². The lowest BCUT2D eigenvalue weighted by atomic mass is 9.75. The molecule has 1 rings (SSSR count). The van der Waals surface area contributed by atoms with Gasteiger partial charge in [-0.25, -0.2) is 0 Å². The van der Waals surface area contributed by atoms with Gasteiger partial charge in [-0.15, -0.1) is 0 Å². The van der Waals surface area contributed by atoms with Crippen LogP contribution in [0.1, 0.15) is 53.4 Å². The molecule has 0 aliphatic heterocycles. The highest BCUT2D eigenvalue weighted by molar-refractivity contribution is 5.72. The zero-order valence-electron chi connectivity index (χ0n) is 12.3. The third-order valence-electron chi connectivity index (χ3n) is 4.23. The minimum atomic E-state index is -0.0694. The van der Waals surface area contributed by atoms with Gasteiger partial charge in [-0.1, -0.05) is 34.1 Å². The van der Waals surface area contributed by atoms with E-state index in [1.165, 1.54) is 12.8 Å². The molecule has 106 valence electrons. The van der Waals surface area contributed by atoms with E-state index in [-0.39, 0.29) is 18.0 Å². The summed E-state index contributed by atoms with van der Waals surface area (Å²) in [7, 11) is 0. The molecule has 0 spiro atoms. The van der Waals surface area contributed by atoms with E-state index >= 15 is 0 Å². The van der Waals surface area contributed by atoms with Gasteiger partial charge >= 0.3 is 5.97 Å². The summed E-state index contributed by atoms with van der Waals surface area (Å²) in [5, 5.41) is 0. The Morgan fingerprint density at radius 1 is 1.33 bits per heavy atom. The Morgan fingerprint density at radius 2 is 2.00 bits per heavy atom. The number of hydrogen-bond donors (Lipinski definition) is 1. The SMILES string of the molecule is CC1CCC(C(C)C)C(OC(=O)C(C)CCN)C1. The Morgan fingerprint density at radius 3 is 2.56 bits per heavy atom. The van der Waals surface area contributed by atoms with Gasteiger partial charge in [0.05, 0.1) is 5.92 Å². The Balaban J connectivity index is 2.57. The first-order chi connectivity index (χ1) is 8.45. The van der Waals surface area contributed by atoms with Crippen LogP contribution in [0.3, 0.4) is 0 Å². The lowest BCUT2D eigenvalue weighted by Gasteiger charge is -2.37. The molecular weight excluding hydrogens is 226 g/mol. The molecule has 0 radical (unpaired) electrons. The van der Waals surface area contributed by atoms with Crippen LogP contribution in [0.15, 0.2) is 0 Å². The van der Waals surface area contributed by atoms with Crippen molar-refractivity contribution < 1.29 is 9.53 Å². The summed E-state index contributed by atoms with van der Waals surface area (Å²) in [6.45, 7) is 9.16. The molecular formula is C15H29NO2. The minimum Gasteiger partial charge on any atom is -0.462 e. The van der Waals surface area contributed by atoms with Gasteiger partial charge < -0.3 is 10.5 Å². The molecule has 1 saturated carbocycles. The fraction of sp³-hybridized carbons (Fsp3) is 0.933. The highest BCUT2D eigenvalue weighted by atomic mass is 16.5. The van der Waals surface area contributed by atoms with Crippen molar-refractivity contribution >= 4 is 5.97 Å². The highest BCUT2D eigenvalue weighted by Gasteiger charge is 2.34. The van der Waals surface area contributed by atoms with Gasteiger partial charge in [-0.3, -0.25) is 4.79 Å². The summed E-state index contributed by atoms with van der Waals surface area (Å²) in [6, 6.07) is 0. The number of rotatable bonds is 5. The molecule has 1 fully saturated rings. The van der Waals surface area contributed by atoms with E-state index in [1.54, 1.807) is 0 Å². The average molecular weight is 255 g/mol. The molecule has 2 N–H and O–H groups in total. The van der Waals surface area contributed by atoms with Crippen molar-refractivity contribution in [3.63, 3.8) is 0 Å². The Kier molecular flexibility index (Phi) is 6.13. The first-order valence-corrected chi connectivity index (χ1v) is 7.36. The maximum Gasteiger partial charge on any atom is 0.308 e. The minimum absolute atomic E-state index is 0.0646. The first kappa shape index (κ1) is 15.5. The molecule has 0 aromatic rings. The predicted octanol–water partition coefficient (Wildman–Crippen LogP) is 2.98. The molecule has 0 aromatic heterocycles. The quantitative estimate of drug-likeness (QED) is 0.768. The van der Waals surface area contributed by atoms with E-state index in [2.05, 4.69) is 20.8 Å². The number of esters is 1. The third-order valence-corrected chi connectivity index (χ3v) is 4.23. The zero-order chi connectivity index (χ0) is 13.7. The topological polar surface area (TPSA) is 52.3 Å². The molecule has 0 aromatic carbocycles. The van der Waals surface area contributed by atoms with E-state index in [0.717, 1.165) is 6.42 Å². The number of nitrogens with two attached hydrogens (primary N) is 1. The summed E-state index contributed by atoms with van der Waals surface area (Å²) < 4.78 is 5.76. The molecule has 1 aliphatic rings. The van der Waals surface area contributed by atoms with Gasteiger partial charge in [0.2, 0.25) is 0 Å². The van der Waals surface area contributed by atoms with Crippen molar-refractivity contribution in [3.8, 4) is 0 Å². The predicted molar refractivity (Wildman–Crippen MR) is 74.1 cm³/mol. The molecule has 1 aliphatic carbocycles. The monoisotopic (exact) mass is 255 g/mol. The molecule has 0 bridgehead atoms. The van der Waals surface area contributed by atoms with Crippen LogP contribution in [0.4, 0.5) is 0 Å². The van der Waals surface area contributed by atoms with E-state index in [1.807, 2.05) is 6.92 Å². The standard InChI is InChI=1S/C15H29NO2/c1-10(2)13-6-5-11(3)9-14(13)18-15(17)12(4)7-8-16/h10-14H,5-9,16H2,1-4H3. The second-order valence-electron chi connectivity index (χ2n) is 6.28. The molecule has 3 heteroatoms. The van der Waals surface area contributed by atoms with Gasteiger partial charge in [0.1, 0.15) is 6.10 Å². The number of ether oxygens (including phenoxy) is 1. The Labute approximate surface area is 111 Å². The third kappa shape index (κ3) is 4.27. The van der Waals surface area contributed by atoms with E-state index in [4.69, 9.17) is 10.5 Å². The van der Waals surface area contributed by atoms with E-state index < -0.39 is 0 Å². The van der Waals surface area contributed by atoms with Gasteiger partial charge in [0, 0.05) is 0 Å². The largest absolute Gasteiger partial charge is 0.462 e. The van der Waals surface area contributed by atoms with Crippen LogP contribution < -0.4 is 5.73 Å². The number of hydrogen-bond acceptors (Lipinski definition) is 3. The van der Waals surface area contributed by atoms with Gasteiger partial charge in [0.15, 0.2) is 0 Å².